The van der Waals surface area contributed by atoms with Crippen molar-refractivity contribution in [1.82, 2.24) is 0 Å². The highest BCUT2D eigenvalue weighted by Gasteiger charge is 2.05. The third kappa shape index (κ3) is 8.01. The number of nitrogens with two attached hydrogens (primary N) is 1. The summed E-state index contributed by atoms with van der Waals surface area (Å²) < 4.78 is 0. The van der Waals surface area contributed by atoms with Gasteiger partial charge in [-0.05, 0) is 24.9 Å². The molecular weight excluding hydrogens is 258 g/mol. The van der Waals surface area contributed by atoms with Gasteiger partial charge in [-0.2, -0.15) is 0 Å². The first kappa shape index (κ1) is 17.9. The summed E-state index contributed by atoms with van der Waals surface area (Å²) in [6.07, 6.45) is 11.7. The summed E-state index contributed by atoms with van der Waals surface area (Å²) >= 11 is 0. The van der Waals surface area contributed by atoms with Crippen molar-refractivity contribution in [3.8, 4) is 0 Å². The third-order valence-corrected chi connectivity index (χ3v) is 3.97. The molecule has 0 atom stereocenters. The van der Waals surface area contributed by atoms with Crippen LogP contribution in [0.3, 0.4) is 0 Å². The van der Waals surface area contributed by atoms with Crippen molar-refractivity contribution in [2.75, 3.05) is 6.54 Å². The van der Waals surface area contributed by atoms with Crippen LogP contribution >= 0.6 is 0 Å². The average Bonchev–Trinajstić information content (AvgIpc) is 2.51. The van der Waals surface area contributed by atoms with Crippen LogP contribution in [0.5, 0.6) is 0 Å². The van der Waals surface area contributed by atoms with Crippen molar-refractivity contribution in [2.24, 2.45) is 5.73 Å². The largest absolute Gasteiger partial charge is 0.330 e. The molecule has 2 nitrogen and oxygen atoms in total. The first-order valence-corrected chi connectivity index (χ1v) is 8.60. The van der Waals surface area contributed by atoms with E-state index in [1.807, 2.05) is 24.3 Å². The Morgan fingerprint density at radius 1 is 0.905 bits per heavy atom. The monoisotopic (exact) mass is 289 g/mol. The lowest BCUT2D eigenvalue weighted by Gasteiger charge is -2.04. The lowest BCUT2D eigenvalue weighted by molar-refractivity contribution is 0.0979. The number of unbranched alkanes of at least 4 members (excludes halogenated alkanes) is 7. The number of hydrogen-bond acceptors (Lipinski definition) is 2. The number of carbonyl (C=O) groups is 1. The van der Waals surface area contributed by atoms with Crippen molar-refractivity contribution in [3.05, 3.63) is 35.4 Å². The first-order chi connectivity index (χ1) is 10.3. The summed E-state index contributed by atoms with van der Waals surface area (Å²) in [6, 6.07) is 7.93. The van der Waals surface area contributed by atoms with Crippen LogP contribution in [0, 0.1) is 0 Å². The van der Waals surface area contributed by atoms with Crippen LogP contribution in [0.2, 0.25) is 0 Å². The molecule has 0 aliphatic heterocycles. The maximum Gasteiger partial charge on any atom is 0.162 e. The van der Waals surface area contributed by atoms with Gasteiger partial charge in [0.25, 0.3) is 0 Å². The fraction of sp³-hybridized carbons (Fsp3) is 0.632. The molecule has 1 aromatic rings. The Morgan fingerprint density at radius 3 is 2.05 bits per heavy atom. The van der Waals surface area contributed by atoms with Crippen LogP contribution in [-0.4, -0.2) is 12.3 Å². The van der Waals surface area contributed by atoms with Crippen molar-refractivity contribution >= 4 is 5.78 Å². The molecule has 118 valence electrons. The van der Waals surface area contributed by atoms with Crippen LogP contribution in [-0.2, 0) is 6.42 Å². The van der Waals surface area contributed by atoms with Gasteiger partial charge in [-0.15, -0.1) is 0 Å². The number of Topliss-reactive ketones (excluding diaryl/α,β-unsaturated/α-hetero) is 1. The van der Waals surface area contributed by atoms with Crippen molar-refractivity contribution in [3.63, 3.8) is 0 Å². The second-order valence-electron chi connectivity index (χ2n) is 5.88. The Kier molecular flexibility index (Phi) is 9.81. The lowest BCUT2D eigenvalue weighted by Crippen LogP contribution is -2.03. The zero-order valence-electron chi connectivity index (χ0n) is 13.6. The van der Waals surface area contributed by atoms with E-state index in [1.54, 1.807) is 0 Å². The van der Waals surface area contributed by atoms with Gasteiger partial charge in [-0.1, -0.05) is 76.1 Å². The first-order valence-electron chi connectivity index (χ1n) is 8.60. The van der Waals surface area contributed by atoms with Gasteiger partial charge in [0.2, 0.25) is 0 Å². The smallest absolute Gasteiger partial charge is 0.162 e. The maximum atomic E-state index is 12.1. The molecule has 0 aliphatic carbocycles. The number of rotatable bonds is 12. The van der Waals surface area contributed by atoms with E-state index < -0.39 is 0 Å². The molecule has 0 saturated heterocycles. The van der Waals surface area contributed by atoms with Gasteiger partial charge in [-0.3, -0.25) is 4.79 Å². The molecule has 21 heavy (non-hydrogen) atoms. The summed E-state index contributed by atoms with van der Waals surface area (Å²) in [5.41, 5.74) is 7.58. The maximum absolute atomic E-state index is 12.1. The van der Waals surface area contributed by atoms with E-state index in [-0.39, 0.29) is 5.78 Å². The van der Waals surface area contributed by atoms with Crippen LogP contribution < -0.4 is 5.73 Å². The van der Waals surface area contributed by atoms with E-state index in [4.69, 9.17) is 5.73 Å². The molecule has 0 amide bonds. The van der Waals surface area contributed by atoms with Crippen molar-refractivity contribution in [2.45, 2.75) is 71.1 Å². The van der Waals surface area contributed by atoms with Gasteiger partial charge in [0.05, 0.1) is 0 Å². The van der Waals surface area contributed by atoms with E-state index in [9.17, 15) is 4.79 Å². The number of carbonyl (C=O) groups excluding carboxylic acids is 1. The van der Waals surface area contributed by atoms with Gasteiger partial charge in [0, 0.05) is 12.0 Å². The predicted molar refractivity (Wildman–Crippen MR) is 90.8 cm³/mol. The molecule has 0 unspecified atom stereocenters. The number of ketones is 1. The van der Waals surface area contributed by atoms with Crippen LogP contribution in [0.15, 0.2) is 24.3 Å². The zero-order chi connectivity index (χ0) is 15.3. The Hall–Kier alpha value is -1.15. The Bertz CT molecular complexity index is 383. The van der Waals surface area contributed by atoms with E-state index in [0.29, 0.717) is 13.0 Å². The van der Waals surface area contributed by atoms with Gasteiger partial charge < -0.3 is 5.73 Å². The van der Waals surface area contributed by atoms with E-state index in [1.165, 1.54) is 50.5 Å². The summed E-state index contributed by atoms with van der Waals surface area (Å²) in [4.78, 5) is 12.1. The molecule has 0 aromatic heterocycles. The second-order valence-corrected chi connectivity index (χ2v) is 5.88. The van der Waals surface area contributed by atoms with Gasteiger partial charge in [0.1, 0.15) is 0 Å². The highest BCUT2D eigenvalue weighted by Crippen LogP contribution is 2.13. The van der Waals surface area contributed by atoms with E-state index in [2.05, 4.69) is 6.92 Å². The normalized spacial score (nSPS) is 10.8. The molecule has 0 fully saturated rings. The van der Waals surface area contributed by atoms with Gasteiger partial charge in [-0.25, -0.2) is 0 Å². The SMILES string of the molecule is CCCCCCCCCCC(=O)c1ccc(CCN)cc1. The third-order valence-electron chi connectivity index (χ3n) is 3.97. The van der Waals surface area contributed by atoms with Gasteiger partial charge >= 0.3 is 0 Å². The lowest BCUT2D eigenvalue weighted by atomic mass is 10.0. The number of benzene rings is 1. The van der Waals surface area contributed by atoms with E-state index in [0.717, 1.165) is 18.4 Å². The second kappa shape index (κ2) is 11.5. The molecular formula is C19H31NO. The molecule has 0 heterocycles. The van der Waals surface area contributed by atoms with Crippen LogP contribution in [0.1, 0.15) is 80.6 Å². The summed E-state index contributed by atoms with van der Waals surface area (Å²) in [5.74, 6) is 0.278. The quantitative estimate of drug-likeness (QED) is 0.439. The molecule has 1 aromatic carbocycles. The minimum atomic E-state index is 0.278. The molecule has 0 spiro atoms. The summed E-state index contributed by atoms with van der Waals surface area (Å²) in [6.45, 7) is 2.90. The van der Waals surface area contributed by atoms with Crippen LogP contribution in [0.4, 0.5) is 0 Å². The molecule has 0 saturated carbocycles. The average molecular weight is 289 g/mol. The fourth-order valence-electron chi connectivity index (χ4n) is 2.59. The zero-order valence-corrected chi connectivity index (χ0v) is 13.6. The van der Waals surface area contributed by atoms with Crippen molar-refractivity contribution in [1.29, 1.82) is 0 Å². The fourth-order valence-corrected chi connectivity index (χ4v) is 2.59. The molecule has 2 heteroatoms. The highest BCUT2D eigenvalue weighted by atomic mass is 16.1. The predicted octanol–water partition coefficient (Wildman–Crippen LogP) is 4.90. The summed E-state index contributed by atoms with van der Waals surface area (Å²) in [5, 5.41) is 0. The minimum Gasteiger partial charge on any atom is -0.330 e. The molecule has 2 N–H and O–H groups in total. The molecule has 0 aliphatic rings. The molecule has 0 bridgehead atoms. The van der Waals surface area contributed by atoms with E-state index >= 15 is 0 Å². The minimum absolute atomic E-state index is 0.278. The van der Waals surface area contributed by atoms with Crippen LogP contribution in [0.25, 0.3) is 0 Å². The molecule has 1 rings (SSSR count). The standard InChI is InChI=1S/C19H31NO/c1-2-3-4-5-6-7-8-9-10-19(21)18-13-11-17(12-14-18)15-16-20/h11-14H,2-10,15-16,20H2,1H3. The topological polar surface area (TPSA) is 43.1 Å². The Morgan fingerprint density at radius 2 is 1.48 bits per heavy atom. The molecule has 0 radical (unpaired) electrons. The van der Waals surface area contributed by atoms with Crippen molar-refractivity contribution < 1.29 is 4.79 Å². The highest BCUT2D eigenvalue weighted by molar-refractivity contribution is 5.96. The number of hydrogen-bond donors (Lipinski definition) is 1. The summed E-state index contributed by atoms with van der Waals surface area (Å²) in [7, 11) is 0. The van der Waals surface area contributed by atoms with Gasteiger partial charge in [0.15, 0.2) is 5.78 Å². The Labute approximate surface area is 130 Å². The Balaban J connectivity index is 2.13.